The number of imidazole rings is 2. The van der Waals surface area contributed by atoms with E-state index in [1.54, 1.807) is 14.2 Å². The number of nitrogens with zero attached hydrogens (tertiary/aromatic N) is 7. The Balaban J connectivity index is 1.10. The first-order chi connectivity index (χ1) is 32.8. The second-order valence-corrected chi connectivity index (χ2v) is 20.0. The van der Waals surface area contributed by atoms with Crippen LogP contribution in [0.4, 0.5) is 10.5 Å². The van der Waals surface area contributed by atoms with Crippen molar-refractivity contribution in [3.8, 4) is 0 Å². The first kappa shape index (κ1) is 48.8. The van der Waals surface area contributed by atoms with E-state index in [9.17, 15) is 19.5 Å². The van der Waals surface area contributed by atoms with Gasteiger partial charge in [-0.3, -0.25) is 25.2 Å². The van der Waals surface area contributed by atoms with Gasteiger partial charge in [-0.15, -0.1) is 0 Å². The summed E-state index contributed by atoms with van der Waals surface area (Å²) >= 11 is 0. The summed E-state index contributed by atoms with van der Waals surface area (Å²) in [5.41, 5.74) is 7.43. The van der Waals surface area contributed by atoms with Crippen LogP contribution in [0, 0.1) is 17.8 Å². The third kappa shape index (κ3) is 10.4. The molecule has 3 fully saturated rings. The molecule has 0 radical (unpaired) electrons. The molecule has 17 heteroatoms. The van der Waals surface area contributed by atoms with Crippen molar-refractivity contribution >= 4 is 45.7 Å². The maximum atomic E-state index is 13.9. The van der Waals surface area contributed by atoms with Crippen LogP contribution in [0.3, 0.4) is 0 Å². The van der Waals surface area contributed by atoms with Gasteiger partial charge in [0.1, 0.15) is 11.6 Å². The lowest BCUT2D eigenvalue weighted by Crippen LogP contribution is -2.49. The van der Waals surface area contributed by atoms with Crippen LogP contribution in [0.5, 0.6) is 0 Å². The summed E-state index contributed by atoms with van der Waals surface area (Å²) in [6.45, 7) is 14.8. The number of carbonyl (C=O) groups is 3. The number of likely N-dealkylation sites (tertiary alicyclic amines) is 2. The molecule has 17 nitrogen and oxygen atoms in total. The number of carbonyl (C=O) groups excluding carboxylic acids is 2. The Morgan fingerprint density at radius 3 is 1.63 bits per heavy atom. The van der Waals surface area contributed by atoms with Crippen LogP contribution in [-0.4, -0.2) is 122 Å². The normalized spacial score (nSPS) is 20.8. The Labute approximate surface area is 399 Å². The summed E-state index contributed by atoms with van der Waals surface area (Å²) in [5, 5.41) is 16.5. The van der Waals surface area contributed by atoms with Crippen molar-refractivity contribution in [3.63, 3.8) is 0 Å². The molecule has 68 heavy (non-hydrogen) atoms. The molecule has 3 amide bonds. The number of benzene rings is 2. The number of aromatic nitrogens is 5. The fourth-order valence-corrected chi connectivity index (χ4v) is 10.7. The van der Waals surface area contributed by atoms with Crippen LogP contribution in [0.15, 0.2) is 54.7 Å². The van der Waals surface area contributed by atoms with E-state index in [2.05, 4.69) is 68.0 Å². The number of aromatic amines is 2. The minimum absolute atomic E-state index is 0.0184. The first-order valence-electron chi connectivity index (χ1n) is 24.5. The van der Waals surface area contributed by atoms with Crippen LogP contribution < -0.4 is 15.5 Å². The van der Waals surface area contributed by atoms with Gasteiger partial charge in [-0.25, -0.2) is 14.8 Å². The minimum atomic E-state index is -0.962. The van der Waals surface area contributed by atoms with E-state index in [1.165, 1.54) is 4.90 Å². The smallest absolute Gasteiger partial charge is 0.407 e. The van der Waals surface area contributed by atoms with E-state index >= 15 is 0 Å². The molecule has 2 aromatic carbocycles. The number of carboxylic acid groups (broad SMARTS) is 1. The summed E-state index contributed by atoms with van der Waals surface area (Å²) in [7, 11) is 3.24. The largest absolute Gasteiger partial charge is 0.465 e. The molecule has 8 rings (SSSR count). The highest BCUT2D eigenvalue weighted by atomic mass is 16.5. The second kappa shape index (κ2) is 21.3. The molecule has 3 aliphatic rings. The standard InChI is InChI=1S/C51H71N11O6/c1-30(2)26-59(51(65)66)27-35-15-16-36(25-52-35)62-41(33-13-17-37-39(23-33)57-47(55-37)43-11-9-21-60(43)49(63)45(31(3)4)53-28-67-7)19-20-42(62)34-14-18-38-40(24-34)58-48(56-38)44-12-10-22-61(44)50(64)46(32(5)6)54-29-68-8/h13-18,23-25,30-32,41-46,53-54H,9-12,19-22,26-29H2,1-8H3,(H,55,57)(H,56,58)(H,65,66)/t41-,42-,43+,44+,45+,46+/m1/s1. The van der Waals surface area contributed by atoms with Crippen molar-refractivity contribution in [2.45, 2.75) is 123 Å². The number of hydrogen-bond donors (Lipinski definition) is 5. The highest BCUT2D eigenvalue weighted by Gasteiger charge is 2.40. The number of H-pyrrole nitrogens is 2. The van der Waals surface area contributed by atoms with Gasteiger partial charge in [0.15, 0.2) is 0 Å². The maximum Gasteiger partial charge on any atom is 0.407 e. The van der Waals surface area contributed by atoms with E-state index in [0.717, 1.165) is 89.1 Å². The van der Waals surface area contributed by atoms with Crippen LogP contribution in [0.2, 0.25) is 0 Å². The van der Waals surface area contributed by atoms with Crippen LogP contribution in [0.1, 0.15) is 133 Å². The summed E-state index contributed by atoms with van der Waals surface area (Å²) in [6.07, 6.45) is 6.13. The molecule has 3 saturated heterocycles. The van der Waals surface area contributed by atoms with Crippen molar-refractivity contribution in [2.24, 2.45) is 17.8 Å². The molecule has 5 N–H and O–H groups in total. The highest BCUT2D eigenvalue weighted by molar-refractivity contribution is 5.84. The number of pyridine rings is 1. The highest BCUT2D eigenvalue weighted by Crippen LogP contribution is 2.48. The van der Waals surface area contributed by atoms with Crippen molar-refractivity contribution in [3.05, 3.63) is 83.2 Å². The summed E-state index contributed by atoms with van der Waals surface area (Å²) in [5.74, 6) is 2.10. The van der Waals surface area contributed by atoms with E-state index in [1.807, 2.05) is 63.6 Å². The number of anilines is 1. The van der Waals surface area contributed by atoms with Gasteiger partial charge in [0.2, 0.25) is 11.8 Å². The number of hydrogen-bond acceptors (Lipinski definition) is 11. The average molecular weight is 934 g/mol. The van der Waals surface area contributed by atoms with Gasteiger partial charge in [0, 0.05) is 33.9 Å². The number of amides is 3. The zero-order chi connectivity index (χ0) is 48.2. The molecule has 6 heterocycles. The van der Waals surface area contributed by atoms with Crippen molar-refractivity contribution in [1.82, 2.24) is 50.3 Å². The predicted octanol–water partition coefficient (Wildman–Crippen LogP) is 7.82. The van der Waals surface area contributed by atoms with E-state index in [0.29, 0.717) is 38.8 Å². The molecule has 0 aliphatic carbocycles. The lowest BCUT2D eigenvalue weighted by Gasteiger charge is -2.33. The van der Waals surface area contributed by atoms with Crippen molar-refractivity contribution in [2.75, 3.05) is 52.2 Å². The fourth-order valence-electron chi connectivity index (χ4n) is 10.7. The number of rotatable bonds is 19. The molecule has 0 saturated carbocycles. The maximum absolute atomic E-state index is 13.9. The van der Waals surface area contributed by atoms with E-state index < -0.39 is 6.09 Å². The molecular formula is C51H71N11O6. The van der Waals surface area contributed by atoms with E-state index in [-0.39, 0.29) is 72.4 Å². The lowest BCUT2D eigenvalue weighted by atomic mass is 10.0. The average Bonchev–Trinajstić information content (AvgIpc) is 4.17. The molecule has 366 valence electrons. The summed E-state index contributed by atoms with van der Waals surface area (Å²) < 4.78 is 10.5. The van der Waals surface area contributed by atoms with Gasteiger partial charge in [0.25, 0.3) is 0 Å². The van der Waals surface area contributed by atoms with Crippen LogP contribution in [0.25, 0.3) is 22.1 Å². The Kier molecular flexibility index (Phi) is 15.3. The van der Waals surface area contributed by atoms with E-state index in [4.69, 9.17) is 24.4 Å². The molecule has 3 aromatic heterocycles. The number of nitrogens with one attached hydrogen (secondary N) is 4. The lowest BCUT2D eigenvalue weighted by molar-refractivity contribution is -0.137. The zero-order valence-electron chi connectivity index (χ0n) is 41.0. The van der Waals surface area contributed by atoms with Gasteiger partial charge in [-0.1, -0.05) is 53.7 Å². The summed E-state index contributed by atoms with van der Waals surface area (Å²) in [4.78, 5) is 70.1. The van der Waals surface area contributed by atoms with Crippen molar-refractivity contribution < 1.29 is 29.0 Å². The fraction of sp³-hybridized carbons (Fsp3) is 0.569. The monoisotopic (exact) mass is 934 g/mol. The third-order valence-electron chi connectivity index (χ3n) is 14.0. The predicted molar refractivity (Wildman–Crippen MR) is 262 cm³/mol. The Morgan fingerprint density at radius 2 is 1.22 bits per heavy atom. The Hall–Kier alpha value is -5.62. The Morgan fingerprint density at radius 1 is 0.721 bits per heavy atom. The first-order valence-corrected chi connectivity index (χ1v) is 24.5. The third-order valence-corrected chi connectivity index (χ3v) is 14.0. The minimum Gasteiger partial charge on any atom is -0.465 e. The molecule has 0 spiro atoms. The summed E-state index contributed by atoms with van der Waals surface area (Å²) in [6, 6.07) is 15.9. The van der Waals surface area contributed by atoms with Gasteiger partial charge in [0.05, 0.1) is 95.9 Å². The molecule has 6 atom stereocenters. The van der Waals surface area contributed by atoms with Gasteiger partial charge < -0.3 is 44.1 Å². The number of methoxy groups -OCH3 is 2. The molecule has 0 unspecified atom stereocenters. The molecule has 5 aromatic rings. The topological polar surface area (TPSA) is 197 Å². The molecular weight excluding hydrogens is 863 g/mol. The zero-order valence-corrected chi connectivity index (χ0v) is 41.0. The second-order valence-electron chi connectivity index (χ2n) is 20.0. The quantitative estimate of drug-likeness (QED) is 0.0505. The van der Waals surface area contributed by atoms with Crippen LogP contribution >= 0.6 is 0 Å². The number of fused-ring (bicyclic) bond motifs is 2. The molecule has 3 aliphatic heterocycles. The molecule has 0 bridgehead atoms. The SMILES string of the molecule is COCN[C@H](C(=O)N1CCC[C@H]1c1nc2ccc([C@H]3CC[C@H](c4ccc5nc([C@@H]6CCCN6C(=O)[C@@H](NCOC)C(C)C)[nH]c5c4)N3c3ccc(CN(CC(C)C)C(=O)O)nc3)cc2[nH]1)C(C)C. The van der Waals surface area contributed by atoms with Crippen LogP contribution in [-0.2, 0) is 25.6 Å². The Bertz CT molecular complexity index is 2390. The van der Waals surface area contributed by atoms with Gasteiger partial charge in [-0.05, 0) is 104 Å². The number of ether oxygens (including phenoxy) is 2. The van der Waals surface area contributed by atoms with Crippen molar-refractivity contribution in [1.29, 1.82) is 0 Å². The van der Waals surface area contributed by atoms with Gasteiger partial charge in [-0.2, -0.15) is 0 Å². The van der Waals surface area contributed by atoms with Gasteiger partial charge >= 0.3 is 6.09 Å².